The summed E-state index contributed by atoms with van der Waals surface area (Å²) in [6.07, 6.45) is 16.1. The van der Waals surface area contributed by atoms with Gasteiger partial charge in [0.2, 0.25) is 23.3 Å². The first-order chi connectivity index (χ1) is 62.7. The Hall–Kier alpha value is -11.3. The average Bonchev–Trinajstić information content (AvgIpc) is 1.64. The molecule has 8 unspecified atom stereocenters. The summed E-state index contributed by atoms with van der Waals surface area (Å²) in [5.41, 5.74) is 1.55. The van der Waals surface area contributed by atoms with Crippen LogP contribution in [0.1, 0.15) is 172 Å². The summed E-state index contributed by atoms with van der Waals surface area (Å²) in [5, 5.41) is 25.2. The molecule has 708 valence electrons. The number of rotatable bonds is 16. The van der Waals surface area contributed by atoms with Gasteiger partial charge in [-0.1, -0.05) is 82.3 Å². The van der Waals surface area contributed by atoms with Crippen LogP contribution in [0.15, 0.2) is 98.1 Å². The largest absolute Gasteiger partial charge is 0.472 e. The molecule has 0 aliphatic carbocycles. The summed E-state index contributed by atoms with van der Waals surface area (Å²) in [7, 11) is 0. The van der Waals surface area contributed by atoms with E-state index in [0.717, 1.165) is 70.5 Å². The van der Waals surface area contributed by atoms with Crippen LogP contribution in [0, 0.1) is 49.6 Å². The third-order valence-corrected chi connectivity index (χ3v) is 23.4. The number of anilines is 8. The van der Waals surface area contributed by atoms with E-state index in [1.165, 1.54) is 43.2 Å². The van der Waals surface area contributed by atoms with Gasteiger partial charge in [-0.3, -0.25) is 0 Å². The van der Waals surface area contributed by atoms with Crippen molar-refractivity contribution in [3.63, 3.8) is 0 Å². The van der Waals surface area contributed by atoms with E-state index < -0.39 is 39.9 Å². The van der Waals surface area contributed by atoms with Crippen LogP contribution >= 0.6 is 82.0 Å². The van der Waals surface area contributed by atoms with E-state index in [2.05, 4.69) is 90.6 Å². The number of amides is 3. The molecule has 0 radical (unpaired) electrons. The molecule has 8 aromatic rings. The van der Waals surface area contributed by atoms with Gasteiger partial charge in [-0.05, 0) is 195 Å². The lowest BCUT2D eigenvalue weighted by molar-refractivity contribution is -0.0115. The maximum absolute atomic E-state index is 15.1. The van der Waals surface area contributed by atoms with Gasteiger partial charge in [-0.15, -0.1) is 12.4 Å². The number of nitrogens with one attached hydrogen (secondary N) is 5. The topological polar surface area (TPSA) is 344 Å². The highest BCUT2D eigenvalue weighted by atomic mass is 35.5. The van der Waals surface area contributed by atoms with Gasteiger partial charge < -0.3 is 79.5 Å². The Kier molecular flexibility index (Phi) is 36.7. The molecule has 8 aliphatic heterocycles. The number of hydrogen-bond donors (Lipinski definition) is 6. The van der Waals surface area contributed by atoms with E-state index in [-0.39, 0.29) is 165 Å². The highest BCUT2D eigenvalue weighted by molar-refractivity contribution is 6.61. The quantitative estimate of drug-likeness (QED) is 0.0172. The first-order valence-corrected chi connectivity index (χ1v) is 44.7. The minimum absolute atomic E-state index is 0. The molecule has 8 bridgehead atoms. The minimum atomic E-state index is -0.760. The number of hydrogen-bond acceptors (Lipinski definition) is 25. The van der Waals surface area contributed by atoms with Crippen molar-refractivity contribution >= 4 is 174 Å². The lowest BCUT2D eigenvalue weighted by Gasteiger charge is -2.39. The van der Waals surface area contributed by atoms with E-state index in [0.29, 0.717) is 101 Å². The van der Waals surface area contributed by atoms with Crippen molar-refractivity contribution in [2.75, 3.05) is 21.3 Å². The molecule has 133 heavy (non-hydrogen) atoms. The Morgan fingerprint density at radius 1 is 0.421 bits per heavy atom. The van der Waals surface area contributed by atoms with Gasteiger partial charge in [0.05, 0.1) is 87.4 Å². The zero-order valence-electron chi connectivity index (χ0n) is 74.0. The standard InChI is InChI=1S/C23H25ClFN5O3.C22H23ClFN5O3.C18H17ClFN5O.C12H21NO3.C11H5Cl2FN4.C4H7ClO2.ClH/c1-23(2,3)33-22(31)30-14-6-7-15(30)11-16(10-14)32-21-19(25)20(27-12-28-21)29-18-8-5-13(26-4)9-17(18)24;1-12(2)31-22(30)29-14-5-6-15(29)10-16(9-14)32-21-19(24)20(26-11-27-21)28-18-7-4-13(25-3)8-17(18)23;1-21-10-4-5-15(14(19)8-10)25-17-16(20)18(23-9-22-17)26-13-6-11-2-3-12(7-13)24-11;1-12(2,3)16-11(15)13-8-4-5-9(13)7-10(14)6-8;1-15-6-2-3-8(7(12)4-6)18-11-9(14)10(13)16-5-17-11;1-3(2)7-4(5)6;/h5,8-9,12,14-16H,6-7,10-11H2,1-3H3,(H,27,28,29);4,7-8,11-12,14-16H,5-6,9-10H2,1-2H3,(H,26,27,28);4-5,8-9,11-13,24H,2-3,6-7H2,(H,22,23,25);8-10,14H,4-7H2,1-3H3;2-5H,(H,16,17,18);3H,1-2H3;1H. The monoisotopic (exact) mass is 1970 g/mol. The van der Waals surface area contributed by atoms with Crippen molar-refractivity contribution in [2.45, 2.75) is 268 Å². The van der Waals surface area contributed by atoms with Crippen molar-refractivity contribution in [3.05, 3.63) is 192 Å². The highest BCUT2D eigenvalue weighted by Gasteiger charge is 2.49. The summed E-state index contributed by atoms with van der Waals surface area (Å²) < 4.78 is 96.9. The lowest BCUT2D eigenvalue weighted by atomic mass is 10.0. The van der Waals surface area contributed by atoms with Crippen molar-refractivity contribution in [2.24, 2.45) is 0 Å². The van der Waals surface area contributed by atoms with Gasteiger partial charge in [0, 0.05) is 85.6 Å². The fourth-order valence-corrected chi connectivity index (χ4v) is 17.6. The van der Waals surface area contributed by atoms with Gasteiger partial charge in [-0.2, -0.15) is 32.5 Å². The summed E-state index contributed by atoms with van der Waals surface area (Å²) in [6, 6.07) is 19.9. The number of carbonyl (C=O) groups excluding carboxylic acids is 4. The van der Waals surface area contributed by atoms with Crippen LogP contribution in [0.2, 0.25) is 25.2 Å². The smallest absolute Gasteiger partial charge is 0.410 e. The molecule has 16 rings (SSSR count). The van der Waals surface area contributed by atoms with Gasteiger partial charge in [0.25, 0.3) is 17.6 Å². The molecule has 6 N–H and O–H groups in total. The molecule has 8 saturated heterocycles. The summed E-state index contributed by atoms with van der Waals surface area (Å²) in [6.45, 7) is 46.2. The first kappa shape index (κ1) is 104. The van der Waals surface area contributed by atoms with Gasteiger partial charge in [-0.25, -0.2) is 63.5 Å². The van der Waals surface area contributed by atoms with E-state index in [9.17, 15) is 33.1 Å². The normalized spacial score (nSPS) is 21.3. The van der Waals surface area contributed by atoms with Crippen LogP contribution in [0.3, 0.4) is 0 Å². The molecule has 12 heterocycles. The second-order valence-corrected chi connectivity index (χ2v) is 36.8. The molecular weight excluding hydrogens is 1880 g/mol. The van der Waals surface area contributed by atoms with Crippen LogP contribution < -0.4 is 40.8 Å². The van der Waals surface area contributed by atoms with Crippen molar-refractivity contribution in [1.29, 1.82) is 0 Å². The molecule has 0 spiro atoms. The van der Waals surface area contributed by atoms with E-state index >= 15 is 8.78 Å². The van der Waals surface area contributed by atoms with E-state index in [1.807, 2.05) is 65.2 Å². The average molecular weight is 1980 g/mol. The highest BCUT2D eigenvalue weighted by Crippen LogP contribution is 2.44. The Bertz CT molecular complexity index is 5580. The lowest BCUT2D eigenvalue weighted by Crippen LogP contribution is -2.50. The Morgan fingerprint density at radius 2 is 0.699 bits per heavy atom. The molecule has 8 atom stereocenters. The summed E-state index contributed by atoms with van der Waals surface area (Å²) >= 11 is 34.8. The first-order valence-electron chi connectivity index (χ1n) is 42.5. The molecule has 32 nitrogen and oxygen atoms in total. The number of ether oxygens (including phenoxy) is 7. The molecule has 3 amide bonds. The van der Waals surface area contributed by atoms with Crippen LogP contribution in [0.5, 0.6) is 17.6 Å². The fourth-order valence-electron chi connectivity index (χ4n) is 16.4. The van der Waals surface area contributed by atoms with Crippen LogP contribution in [-0.4, -0.2) is 180 Å². The summed E-state index contributed by atoms with van der Waals surface area (Å²) in [5.74, 6) is -3.47. The van der Waals surface area contributed by atoms with Crippen molar-refractivity contribution < 1.29 is 75.0 Å². The molecule has 0 saturated carbocycles. The van der Waals surface area contributed by atoms with Crippen molar-refractivity contribution in [3.8, 4) is 17.6 Å². The Balaban J connectivity index is 0.000000172. The molecule has 43 heteroatoms. The van der Waals surface area contributed by atoms with E-state index in [4.69, 9.17) is 124 Å². The van der Waals surface area contributed by atoms with E-state index in [1.54, 1.807) is 67.3 Å². The number of benzene rings is 4. The maximum atomic E-state index is 15.1. The SMILES string of the molecule is CC(C)(C)OC(=O)N1C2CCC1CC(O)C2.CC(C)OC(=O)Cl.Cl.[C-]#[N+]c1ccc(Nc2ncnc(Cl)c2F)c(Cl)c1.[C-]#[N+]c1ccc(Nc2ncnc(OC3CC4CCC(C3)N4)c2F)c(Cl)c1.[C-]#[N+]c1ccc(Nc2ncnc(OC3CC4CCC(C3)N4C(=O)OC(C)(C)C)c2F)c(Cl)c1.[C-]#[N+]c1ccc(Nc2ncnc(OC3CC4CCC(C3)N4C(=O)OC(C)C)c2F)c(Cl)c1. The number of aromatic nitrogens is 8. The van der Waals surface area contributed by atoms with Gasteiger partial charge >= 0.3 is 23.7 Å². The molecule has 8 aliphatic rings. The summed E-state index contributed by atoms with van der Waals surface area (Å²) in [4.78, 5) is 96.4. The number of halogens is 11. The minimum Gasteiger partial charge on any atom is -0.472 e. The third-order valence-electron chi connectivity index (χ3n) is 21.8. The maximum Gasteiger partial charge on any atom is 0.410 e. The Morgan fingerprint density at radius 3 is 0.970 bits per heavy atom. The number of fused-ring (bicyclic) bond motifs is 8. The number of aliphatic hydroxyl groups is 1. The van der Waals surface area contributed by atoms with Crippen LogP contribution in [0.25, 0.3) is 19.4 Å². The van der Waals surface area contributed by atoms with Crippen molar-refractivity contribution in [1.82, 2.24) is 59.9 Å². The predicted octanol–water partition coefficient (Wildman–Crippen LogP) is 23.9. The number of carbonyl (C=O) groups is 4. The second-order valence-electron chi connectivity index (χ2n) is 34.5. The molecule has 8 fully saturated rings. The molecule has 4 aromatic carbocycles. The third kappa shape index (κ3) is 28.9. The number of piperidine rings is 4. The van der Waals surface area contributed by atoms with Crippen LogP contribution in [0.4, 0.5) is 106 Å². The molecule has 4 aromatic heterocycles. The second kappa shape index (κ2) is 47.1. The van der Waals surface area contributed by atoms with Gasteiger partial charge in [0.15, 0.2) is 51.2 Å². The fraction of sp³-hybridized carbons (Fsp3) is 0.467. The Labute approximate surface area is 803 Å². The number of aliphatic hydroxyl groups excluding tert-OH is 1. The van der Waals surface area contributed by atoms with Crippen LogP contribution in [-0.2, 0) is 18.9 Å². The predicted molar refractivity (Wildman–Crippen MR) is 498 cm³/mol. The molecular formula is C90H99Cl7F4N20O12. The zero-order chi connectivity index (χ0) is 95.6. The van der Waals surface area contributed by atoms with Gasteiger partial charge in [0.1, 0.15) is 54.8 Å². The number of nitrogens with zero attached hydrogens (tertiary/aromatic N) is 15. The zero-order valence-corrected chi connectivity index (χ0v) is 79.3.